The predicted octanol–water partition coefficient (Wildman–Crippen LogP) is 0.952. The van der Waals surface area contributed by atoms with Gasteiger partial charge in [-0.25, -0.2) is 0 Å². The van der Waals surface area contributed by atoms with Crippen LogP contribution in [0.1, 0.15) is 45.4 Å². The fourth-order valence-electron chi connectivity index (χ4n) is 6.29. The summed E-state index contributed by atoms with van der Waals surface area (Å²) >= 11 is 0. The zero-order chi connectivity index (χ0) is 14.1. The average molecular weight is 279 g/mol. The van der Waals surface area contributed by atoms with Crippen molar-refractivity contribution in [2.75, 3.05) is 13.1 Å². The number of hydrogen-bond donors (Lipinski definition) is 2. The van der Waals surface area contributed by atoms with Crippen molar-refractivity contribution in [1.82, 2.24) is 4.90 Å². The zero-order valence-corrected chi connectivity index (χ0v) is 12.2. The van der Waals surface area contributed by atoms with Gasteiger partial charge in [-0.3, -0.25) is 9.69 Å². The number of carbonyl (C=O) groups excluding carboxylic acids is 1. The molecule has 0 aromatic carbocycles. The first-order valence-corrected chi connectivity index (χ1v) is 8.19. The smallest absolute Gasteiger partial charge is 0.140 e. The van der Waals surface area contributed by atoms with Crippen LogP contribution in [0.4, 0.5) is 0 Å². The van der Waals surface area contributed by atoms with Crippen molar-refractivity contribution in [2.24, 2.45) is 17.8 Å². The van der Waals surface area contributed by atoms with Crippen LogP contribution in [0.3, 0.4) is 0 Å². The maximum Gasteiger partial charge on any atom is 0.140 e. The molecule has 2 bridgehead atoms. The summed E-state index contributed by atoms with van der Waals surface area (Å²) in [6.07, 6.45) is 4.17. The number of rotatable bonds is 0. The molecule has 2 N–H and O–H groups in total. The Morgan fingerprint density at radius 2 is 1.95 bits per heavy atom. The standard InChI is InChI=1S/C16H25NO3/c1-10-8-14(19)15(20)9-12(18)11-4-2-6-17-7-3-5-13(15)16(10,11)17/h10-11,13-14,19-20H,2-9H2,1H3/t10-,11-,13-,14-,15-,16?/m1/s1. The molecule has 4 rings (SSSR count). The summed E-state index contributed by atoms with van der Waals surface area (Å²) in [6, 6.07) is 0. The SMILES string of the molecule is C[C@@H]1C[C@@H](O)[C@@]2(O)CC(=O)[C@H]3CCCN4CCC[C@H]2C134. The normalized spacial score (nSPS) is 55.5. The number of aliphatic hydroxyl groups is 2. The van der Waals surface area contributed by atoms with Gasteiger partial charge in [0.2, 0.25) is 0 Å². The van der Waals surface area contributed by atoms with Gasteiger partial charge in [0.05, 0.1) is 6.10 Å². The average Bonchev–Trinajstić information content (AvgIpc) is 2.42. The molecule has 6 atom stereocenters. The minimum absolute atomic E-state index is 0.0745. The molecule has 2 aliphatic heterocycles. The second-order valence-electron chi connectivity index (χ2n) is 7.55. The van der Waals surface area contributed by atoms with E-state index in [2.05, 4.69) is 11.8 Å². The minimum Gasteiger partial charge on any atom is -0.390 e. The fraction of sp³-hybridized carbons (Fsp3) is 0.938. The Hall–Kier alpha value is -0.450. The lowest BCUT2D eigenvalue weighted by Crippen LogP contribution is -2.80. The molecule has 0 aromatic heterocycles. The molecule has 20 heavy (non-hydrogen) atoms. The molecular weight excluding hydrogens is 254 g/mol. The van der Waals surface area contributed by atoms with E-state index >= 15 is 0 Å². The molecule has 1 unspecified atom stereocenters. The summed E-state index contributed by atoms with van der Waals surface area (Å²) in [5.41, 5.74) is -1.34. The van der Waals surface area contributed by atoms with Crippen LogP contribution in [0.5, 0.6) is 0 Å². The molecule has 1 spiro atoms. The van der Waals surface area contributed by atoms with Crippen molar-refractivity contribution >= 4 is 5.78 Å². The Morgan fingerprint density at radius 1 is 1.25 bits per heavy atom. The first kappa shape index (κ1) is 13.2. The van der Waals surface area contributed by atoms with E-state index in [0.717, 1.165) is 38.8 Å². The Morgan fingerprint density at radius 3 is 2.70 bits per heavy atom. The number of nitrogens with zero attached hydrogens (tertiary/aromatic N) is 1. The molecule has 4 nitrogen and oxygen atoms in total. The minimum atomic E-state index is -1.17. The van der Waals surface area contributed by atoms with Gasteiger partial charge in [0.1, 0.15) is 11.4 Å². The maximum atomic E-state index is 12.7. The van der Waals surface area contributed by atoms with E-state index in [-0.39, 0.29) is 35.5 Å². The topological polar surface area (TPSA) is 60.8 Å². The molecule has 0 radical (unpaired) electrons. The molecule has 2 saturated carbocycles. The highest BCUT2D eigenvalue weighted by Crippen LogP contribution is 2.61. The molecule has 0 aromatic rings. The molecular formula is C16H25NO3. The predicted molar refractivity (Wildman–Crippen MR) is 74.1 cm³/mol. The van der Waals surface area contributed by atoms with Crippen molar-refractivity contribution in [3.05, 3.63) is 0 Å². The van der Waals surface area contributed by atoms with Crippen LogP contribution in [-0.4, -0.2) is 51.2 Å². The van der Waals surface area contributed by atoms with Crippen LogP contribution in [0, 0.1) is 17.8 Å². The molecule has 2 heterocycles. The van der Waals surface area contributed by atoms with Gasteiger partial charge in [0, 0.05) is 23.8 Å². The molecule has 0 amide bonds. The van der Waals surface area contributed by atoms with Crippen LogP contribution in [0.25, 0.3) is 0 Å². The quantitative estimate of drug-likeness (QED) is 0.693. The number of ketones is 1. The monoisotopic (exact) mass is 279 g/mol. The van der Waals surface area contributed by atoms with Gasteiger partial charge in [-0.15, -0.1) is 0 Å². The van der Waals surface area contributed by atoms with E-state index in [1.807, 2.05) is 0 Å². The van der Waals surface area contributed by atoms with Gasteiger partial charge >= 0.3 is 0 Å². The Kier molecular flexibility index (Phi) is 2.68. The summed E-state index contributed by atoms with van der Waals surface area (Å²) in [6.45, 7) is 4.29. The van der Waals surface area contributed by atoms with Gasteiger partial charge in [0.15, 0.2) is 0 Å². The molecule has 4 heteroatoms. The third-order valence-electron chi connectivity index (χ3n) is 6.90. The maximum absolute atomic E-state index is 12.7. The van der Waals surface area contributed by atoms with E-state index in [1.165, 1.54) is 0 Å². The molecule has 2 saturated heterocycles. The lowest BCUT2D eigenvalue weighted by Gasteiger charge is -2.70. The van der Waals surface area contributed by atoms with Crippen molar-refractivity contribution in [1.29, 1.82) is 0 Å². The Labute approximate surface area is 120 Å². The summed E-state index contributed by atoms with van der Waals surface area (Å²) < 4.78 is 0. The Bertz CT molecular complexity index is 451. The molecule has 2 aliphatic carbocycles. The highest BCUT2D eigenvalue weighted by molar-refractivity contribution is 5.85. The molecule has 112 valence electrons. The third kappa shape index (κ3) is 1.31. The van der Waals surface area contributed by atoms with Gasteiger partial charge in [-0.2, -0.15) is 0 Å². The Balaban J connectivity index is 1.91. The summed E-state index contributed by atoms with van der Waals surface area (Å²) in [7, 11) is 0. The highest BCUT2D eigenvalue weighted by Gasteiger charge is 2.70. The van der Waals surface area contributed by atoms with Crippen LogP contribution < -0.4 is 0 Å². The second kappa shape index (κ2) is 4.05. The third-order valence-corrected chi connectivity index (χ3v) is 6.90. The van der Waals surface area contributed by atoms with Crippen molar-refractivity contribution in [3.63, 3.8) is 0 Å². The van der Waals surface area contributed by atoms with Gasteiger partial charge < -0.3 is 10.2 Å². The lowest BCUT2D eigenvalue weighted by molar-refractivity contribution is -0.260. The zero-order valence-electron chi connectivity index (χ0n) is 12.2. The summed E-state index contributed by atoms with van der Waals surface area (Å²) in [5.74, 6) is 0.647. The van der Waals surface area contributed by atoms with Crippen molar-refractivity contribution in [3.8, 4) is 0 Å². The summed E-state index contributed by atoms with van der Waals surface area (Å²) in [5, 5.41) is 21.6. The summed E-state index contributed by atoms with van der Waals surface area (Å²) in [4.78, 5) is 15.2. The number of carbonyl (C=O) groups is 1. The van der Waals surface area contributed by atoms with E-state index in [4.69, 9.17) is 0 Å². The first-order chi connectivity index (χ1) is 9.51. The molecule has 4 fully saturated rings. The lowest BCUT2D eigenvalue weighted by atomic mass is 9.45. The van der Waals surface area contributed by atoms with Crippen LogP contribution in [0.2, 0.25) is 0 Å². The van der Waals surface area contributed by atoms with E-state index in [0.29, 0.717) is 6.42 Å². The molecule has 4 aliphatic rings. The van der Waals surface area contributed by atoms with Crippen molar-refractivity contribution < 1.29 is 15.0 Å². The second-order valence-corrected chi connectivity index (χ2v) is 7.55. The number of piperidine rings is 2. The fourth-order valence-corrected chi connectivity index (χ4v) is 6.29. The van der Waals surface area contributed by atoms with Crippen LogP contribution >= 0.6 is 0 Å². The number of hydrogen-bond acceptors (Lipinski definition) is 4. The van der Waals surface area contributed by atoms with Gasteiger partial charge in [-0.05, 0) is 51.1 Å². The number of Topliss-reactive ketones (excluding diaryl/α,β-unsaturated/α-hetero) is 1. The highest BCUT2D eigenvalue weighted by atomic mass is 16.3. The van der Waals surface area contributed by atoms with Crippen molar-refractivity contribution in [2.45, 2.75) is 62.7 Å². The largest absolute Gasteiger partial charge is 0.390 e. The van der Waals surface area contributed by atoms with Crippen LogP contribution in [-0.2, 0) is 4.79 Å². The van der Waals surface area contributed by atoms with Gasteiger partial charge in [0.25, 0.3) is 0 Å². The van der Waals surface area contributed by atoms with E-state index < -0.39 is 11.7 Å². The van der Waals surface area contributed by atoms with E-state index in [1.54, 1.807) is 0 Å². The van der Waals surface area contributed by atoms with Crippen LogP contribution in [0.15, 0.2) is 0 Å². The van der Waals surface area contributed by atoms with E-state index in [9.17, 15) is 15.0 Å². The first-order valence-electron chi connectivity index (χ1n) is 8.19. The van der Waals surface area contributed by atoms with Gasteiger partial charge in [-0.1, -0.05) is 6.92 Å². The number of aliphatic hydroxyl groups excluding tert-OH is 1.